The monoisotopic (exact) mass is 512 g/mol. The maximum atomic E-state index is 11.2. The fourth-order valence-corrected chi connectivity index (χ4v) is 4.84. The van der Waals surface area contributed by atoms with Crippen molar-refractivity contribution >= 4 is 17.9 Å². The number of nitrogens with zero attached hydrogens (tertiary/aromatic N) is 1. The van der Waals surface area contributed by atoms with E-state index in [0.717, 1.165) is 38.5 Å². The molecule has 0 aliphatic rings. The summed E-state index contributed by atoms with van der Waals surface area (Å²) in [4.78, 5) is 33.6. The highest BCUT2D eigenvalue weighted by molar-refractivity contribution is 5.73. The standard InChI is InChI=1S/C29H53NO6/c1-2-3-4-5-6-7-8-9-10-11-12-13-14-15-16-17-18-19-20-21-22-23-30(24-27(31)32,25-28(33)34)26-29(35)36/h14-15H,2-13,16-26H2,1H3,(H2-,31,32,33,34,35,36)/p+1/b15-14+. The smallest absolute Gasteiger partial charge is 0.359 e. The predicted molar refractivity (Wildman–Crippen MR) is 145 cm³/mol. The van der Waals surface area contributed by atoms with Gasteiger partial charge in [-0.3, -0.25) is 4.48 Å². The molecule has 0 atom stereocenters. The number of carboxylic acids is 3. The first-order valence-corrected chi connectivity index (χ1v) is 14.5. The zero-order valence-electron chi connectivity index (χ0n) is 22.9. The van der Waals surface area contributed by atoms with Crippen LogP contribution in [-0.2, 0) is 14.4 Å². The van der Waals surface area contributed by atoms with Gasteiger partial charge in [0.2, 0.25) is 0 Å². The van der Waals surface area contributed by atoms with Crippen LogP contribution < -0.4 is 0 Å². The first-order chi connectivity index (χ1) is 17.3. The number of hydrogen-bond donors (Lipinski definition) is 3. The van der Waals surface area contributed by atoms with Gasteiger partial charge in [0, 0.05) is 0 Å². The summed E-state index contributed by atoms with van der Waals surface area (Å²) in [6.07, 6.45) is 27.9. The number of hydrogen-bond acceptors (Lipinski definition) is 3. The van der Waals surface area contributed by atoms with Crippen molar-refractivity contribution in [1.29, 1.82) is 0 Å². The summed E-state index contributed by atoms with van der Waals surface area (Å²) >= 11 is 0. The van der Waals surface area contributed by atoms with Gasteiger partial charge in [0.05, 0.1) is 6.54 Å². The predicted octanol–water partition coefficient (Wildman–Crippen LogP) is 7.05. The van der Waals surface area contributed by atoms with E-state index in [4.69, 9.17) is 15.3 Å². The van der Waals surface area contributed by atoms with Crippen LogP contribution in [0.5, 0.6) is 0 Å². The van der Waals surface area contributed by atoms with Crippen LogP contribution in [0.15, 0.2) is 12.2 Å². The molecule has 0 fully saturated rings. The molecule has 0 unspecified atom stereocenters. The molecule has 7 nitrogen and oxygen atoms in total. The number of allylic oxidation sites excluding steroid dienone is 2. The Morgan fingerprint density at radius 3 is 1.14 bits per heavy atom. The second-order valence-corrected chi connectivity index (χ2v) is 10.4. The second kappa shape index (κ2) is 23.5. The Morgan fingerprint density at radius 1 is 0.500 bits per heavy atom. The van der Waals surface area contributed by atoms with Crippen molar-refractivity contribution in [2.75, 3.05) is 26.2 Å². The number of rotatable bonds is 27. The molecule has 0 radical (unpaired) electrons. The highest BCUT2D eigenvalue weighted by atomic mass is 16.4. The van der Waals surface area contributed by atoms with E-state index in [0.29, 0.717) is 6.42 Å². The summed E-state index contributed by atoms with van der Waals surface area (Å²) in [5.41, 5.74) is 0. The molecule has 0 aliphatic heterocycles. The van der Waals surface area contributed by atoms with Gasteiger partial charge >= 0.3 is 17.9 Å². The molecule has 0 saturated carbocycles. The van der Waals surface area contributed by atoms with E-state index in [1.165, 1.54) is 77.0 Å². The van der Waals surface area contributed by atoms with Gasteiger partial charge in [0.25, 0.3) is 0 Å². The van der Waals surface area contributed by atoms with E-state index in [1.54, 1.807) is 0 Å². The van der Waals surface area contributed by atoms with Crippen LogP contribution in [0.25, 0.3) is 0 Å². The number of aliphatic carboxylic acids is 3. The van der Waals surface area contributed by atoms with Crippen LogP contribution in [0.3, 0.4) is 0 Å². The Morgan fingerprint density at radius 2 is 0.806 bits per heavy atom. The number of unbranched alkanes of at least 4 members (excludes halogenated alkanes) is 17. The average molecular weight is 513 g/mol. The summed E-state index contributed by atoms with van der Waals surface area (Å²) < 4.78 is -0.441. The summed E-state index contributed by atoms with van der Waals surface area (Å²) in [5, 5.41) is 27.4. The highest BCUT2D eigenvalue weighted by Crippen LogP contribution is 2.14. The van der Waals surface area contributed by atoms with Gasteiger partial charge in [0.1, 0.15) is 0 Å². The Balaban J connectivity index is 3.71. The topological polar surface area (TPSA) is 112 Å². The van der Waals surface area contributed by atoms with E-state index in [9.17, 15) is 14.4 Å². The first kappa shape index (κ1) is 34.1. The first-order valence-electron chi connectivity index (χ1n) is 14.5. The third-order valence-corrected chi connectivity index (χ3v) is 6.81. The van der Waals surface area contributed by atoms with Crippen molar-refractivity contribution in [1.82, 2.24) is 0 Å². The lowest BCUT2D eigenvalue weighted by Crippen LogP contribution is -2.57. The van der Waals surface area contributed by atoms with Crippen molar-refractivity contribution in [3.8, 4) is 0 Å². The van der Waals surface area contributed by atoms with E-state index < -0.39 is 42.0 Å². The zero-order valence-corrected chi connectivity index (χ0v) is 22.9. The van der Waals surface area contributed by atoms with Crippen molar-refractivity contribution in [2.45, 2.75) is 129 Å². The lowest BCUT2D eigenvalue weighted by Gasteiger charge is -2.34. The molecule has 0 heterocycles. The lowest BCUT2D eigenvalue weighted by atomic mass is 10.0. The van der Waals surface area contributed by atoms with Gasteiger partial charge in [-0.2, -0.15) is 0 Å². The Bertz CT molecular complexity index is 564. The van der Waals surface area contributed by atoms with Crippen LogP contribution in [0.2, 0.25) is 0 Å². The molecule has 0 aromatic carbocycles. The highest BCUT2D eigenvalue weighted by Gasteiger charge is 2.35. The third kappa shape index (κ3) is 22.6. The minimum Gasteiger partial charge on any atom is -0.477 e. The van der Waals surface area contributed by atoms with E-state index in [1.807, 2.05) is 0 Å². The van der Waals surface area contributed by atoms with Gasteiger partial charge < -0.3 is 15.3 Å². The van der Waals surface area contributed by atoms with Crippen molar-refractivity contribution < 1.29 is 34.2 Å². The molecule has 0 saturated heterocycles. The van der Waals surface area contributed by atoms with Crippen LogP contribution in [-0.4, -0.2) is 63.9 Å². The molecule has 7 heteroatoms. The molecule has 3 N–H and O–H groups in total. The molecule has 0 aromatic rings. The molecule has 0 amide bonds. The summed E-state index contributed by atoms with van der Waals surface area (Å²) in [6, 6.07) is 0. The average Bonchev–Trinajstić information content (AvgIpc) is 2.78. The van der Waals surface area contributed by atoms with E-state index in [2.05, 4.69) is 19.1 Å². The quantitative estimate of drug-likeness (QED) is 0.0618. The molecular weight excluding hydrogens is 458 g/mol. The third-order valence-electron chi connectivity index (χ3n) is 6.81. The maximum absolute atomic E-state index is 11.2. The number of quaternary nitrogens is 1. The maximum Gasteiger partial charge on any atom is 0.359 e. The summed E-state index contributed by atoms with van der Waals surface area (Å²) in [6.45, 7) is 1.07. The second-order valence-electron chi connectivity index (χ2n) is 10.4. The molecular formula is C29H54NO6+. The fraction of sp³-hybridized carbons (Fsp3) is 0.828. The molecule has 0 aromatic heterocycles. The largest absolute Gasteiger partial charge is 0.477 e. The van der Waals surface area contributed by atoms with Gasteiger partial charge in [-0.1, -0.05) is 103 Å². The van der Waals surface area contributed by atoms with Crippen LogP contribution in [0, 0.1) is 0 Å². The lowest BCUT2D eigenvalue weighted by molar-refractivity contribution is -0.907. The molecule has 210 valence electrons. The molecule has 0 rings (SSSR count). The van der Waals surface area contributed by atoms with Crippen molar-refractivity contribution in [2.24, 2.45) is 0 Å². The fourth-order valence-electron chi connectivity index (χ4n) is 4.84. The molecule has 36 heavy (non-hydrogen) atoms. The van der Waals surface area contributed by atoms with Gasteiger partial charge in [-0.05, 0) is 38.5 Å². The minimum atomic E-state index is -1.17. The Kier molecular flexibility index (Phi) is 22.3. The van der Waals surface area contributed by atoms with E-state index >= 15 is 0 Å². The SMILES string of the molecule is CCCCCCCCCCCCC/C=C/CCCCCCCC[N+](CC(=O)O)(CC(=O)O)CC(=O)O. The van der Waals surface area contributed by atoms with Crippen LogP contribution in [0.4, 0.5) is 0 Å². The number of carboxylic acid groups (broad SMARTS) is 3. The van der Waals surface area contributed by atoms with Gasteiger partial charge in [-0.25, -0.2) is 14.4 Å². The Hall–Kier alpha value is -1.89. The summed E-state index contributed by atoms with van der Waals surface area (Å²) in [7, 11) is 0. The van der Waals surface area contributed by atoms with E-state index in [-0.39, 0.29) is 6.54 Å². The summed E-state index contributed by atoms with van der Waals surface area (Å²) in [5.74, 6) is -3.52. The van der Waals surface area contributed by atoms with Crippen LogP contribution >= 0.6 is 0 Å². The minimum absolute atomic E-state index is 0.257. The zero-order chi connectivity index (χ0) is 26.9. The Labute approximate surface area is 219 Å². The van der Waals surface area contributed by atoms with Gasteiger partial charge in [-0.15, -0.1) is 0 Å². The molecule has 0 spiro atoms. The van der Waals surface area contributed by atoms with Crippen molar-refractivity contribution in [3.05, 3.63) is 12.2 Å². The normalized spacial score (nSPS) is 11.8. The molecule has 0 bridgehead atoms. The number of carbonyl (C=O) groups is 3. The van der Waals surface area contributed by atoms with Gasteiger partial charge in [0.15, 0.2) is 19.6 Å². The van der Waals surface area contributed by atoms with Crippen molar-refractivity contribution in [3.63, 3.8) is 0 Å². The van der Waals surface area contributed by atoms with Crippen LogP contribution in [0.1, 0.15) is 129 Å². The molecule has 0 aliphatic carbocycles.